The molecule has 1 aromatic rings. The highest BCUT2D eigenvalue weighted by Crippen LogP contribution is 2.27. The van der Waals surface area contributed by atoms with Crippen molar-refractivity contribution in [2.45, 2.75) is 38.8 Å². The van der Waals surface area contributed by atoms with E-state index in [0.717, 1.165) is 37.4 Å². The van der Waals surface area contributed by atoms with E-state index in [9.17, 15) is 0 Å². The summed E-state index contributed by atoms with van der Waals surface area (Å²) in [6.07, 6.45) is 2.70. The highest BCUT2D eigenvalue weighted by atomic mass is 127. The summed E-state index contributed by atoms with van der Waals surface area (Å²) in [4.78, 5) is 9.07. The lowest BCUT2D eigenvalue weighted by Crippen LogP contribution is -2.45. The first-order valence-electron chi connectivity index (χ1n) is 8.97. The molecule has 142 valence electrons. The molecule has 0 radical (unpaired) electrons. The average molecular weight is 460 g/mol. The maximum absolute atomic E-state index is 5.75. The van der Waals surface area contributed by atoms with Crippen LogP contribution in [0.4, 0.5) is 0 Å². The summed E-state index contributed by atoms with van der Waals surface area (Å²) in [5, 5.41) is 3.46. The third-order valence-corrected chi connectivity index (χ3v) is 4.34. The predicted molar refractivity (Wildman–Crippen MR) is 116 cm³/mol. The molecule has 0 spiro atoms. The molecule has 1 aliphatic carbocycles. The number of hydrogen-bond donors (Lipinski definition) is 1. The van der Waals surface area contributed by atoms with Gasteiger partial charge < -0.3 is 15.0 Å². The van der Waals surface area contributed by atoms with E-state index in [0.29, 0.717) is 12.6 Å². The topological polar surface area (TPSA) is 40.1 Å². The molecule has 1 saturated carbocycles. The predicted octanol–water partition coefficient (Wildman–Crippen LogP) is 3.06. The van der Waals surface area contributed by atoms with Crippen LogP contribution in [0.5, 0.6) is 5.75 Å². The first-order valence-corrected chi connectivity index (χ1v) is 8.97. The molecule has 0 unspecified atom stereocenters. The van der Waals surface area contributed by atoms with Crippen LogP contribution in [-0.4, -0.2) is 68.2 Å². The van der Waals surface area contributed by atoms with Gasteiger partial charge >= 0.3 is 0 Å². The minimum absolute atomic E-state index is 0. The Kier molecular flexibility index (Phi) is 10.2. The van der Waals surface area contributed by atoms with E-state index in [-0.39, 0.29) is 24.0 Å². The molecule has 0 saturated heterocycles. The zero-order valence-corrected chi connectivity index (χ0v) is 18.3. The number of ether oxygens (including phenoxy) is 1. The highest BCUT2D eigenvalue weighted by Gasteiger charge is 2.30. The molecule has 0 aromatic heterocycles. The van der Waals surface area contributed by atoms with Crippen molar-refractivity contribution in [3.8, 4) is 5.75 Å². The van der Waals surface area contributed by atoms with Crippen molar-refractivity contribution >= 4 is 29.9 Å². The van der Waals surface area contributed by atoms with E-state index in [1.54, 1.807) is 0 Å². The van der Waals surface area contributed by atoms with Crippen molar-refractivity contribution in [3.63, 3.8) is 0 Å². The van der Waals surface area contributed by atoms with Gasteiger partial charge in [-0.2, -0.15) is 0 Å². The van der Waals surface area contributed by atoms with Crippen LogP contribution in [0.25, 0.3) is 0 Å². The fraction of sp³-hybridized carbons (Fsp3) is 0.632. The number of likely N-dealkylation sites (N-methyl/N-ethyl adjacent to an activating group) is 1. The van der Waals surface area contributed by atoms with Gasteiger partial charge in [0.1, 0.15) is 12.4 Å². The van der Waals surface area contributed by atoms with Gasteiger partial charge in [-0.25, -0.2) is 0 Å². The number of benzene rings is 1. The smallest absolute Gasteiger partial charge is 0.193 e. The molecular formula is C19H33IN4O. The van der Waals surface area contributed by atoms with Gasteiger partial charge in [0, 0.05) is 39.3 Å². The van der Waals surface area contributed by atoms with Crippen LogP contribution in [0, 0.1) is 0 Å². The summed E-state index contributed by atoms with van der Waals surface area (Å²) >= 11 is 0. The minimum Gasteiger partial charge on any atom is -0.492 e. The zero-order chi connectivity index (χ0) is 17.4. The Balaban J connectivity index is 0.00000312. The lowest BCUT2D eigenvalue weighted by atomic mass is 10.3. The first-order chi connectivity index (χ1) is 11.6. The summed E-state index contributed by atoms with van der Waals surface area (Å²) in [5.41, 5.74) is 0. The Labute approximate surface area is 169 Å². The van der Waals surface area contributed by atoms with Crippen molar-refractivity contribution in [1.29, 1.82) is 0 Å². The third-order valence-electron chi connectivity index (χ3n) is 4.34. The van der Waals surface area contributed by atoms with Crippen LogP contribution in [0.3, 0.4) is 0 Å². The summed E-state index contributed by atoms with van der Waals surface area (Å²) in [5.74, 6) is 1.83. The number of nitrogens with one attached hydrogen (secondary N) is 1. The van der Waals surface area contributed by atoms with Crippen molar-refractivity contribution in [2.24, 2.45) is 4.99 Å². The van der Waals surface area contributed by atoms with E-state index in [2.05, 4.69) is 34.0 Å². The molecule has 6 heteroatoms. The van der Waals surface area contributed by atoms with Gasteiger partial charge in [-0.1, -0.05) is 18.2 Å². The molecule has 2 rings (SSSR count). The monoisotopic (exact) mass is 460 g/mol. The Morgan fingerprint density at radius 2 is 1.92 bits per heavy atom. The minimum atomic E-state index is 0. The molecule has 1 fully saturated rings. The molecule has 0 aliphatic heterocycles. The largest absolute Gasteiger partial charge is 0.492 e. The molecule has 1 N–H and O–H groups in total. The molecular weight excluding hydrogens is 427 g/mol. The van der Waals surface area contributed by atoms with E-state index >= 15 is 0 Å². The van der Waals surface area contributed by atoms with Gasteiger partial charge in [-0.15, -0.1) is 24.0 Å². The summed E-state index contributed by atoms with van der Waals surface area (Å²) in [6, 6.07) is 11.3. The van der Waals surface area contributed by atoms with Gasteiger partial charge in [-0.3, -0.25) is 9.89 Å². The number of rotatable bonds is 9. The van der Waals surface area contributed by atoms with Crippen molar-refractivity contribution in [1.82, 2.24) is 15.1 Å². The summed E-state index contributed by atoms with van der Waals surface area (Å²) < 4.78 is 5.75. The molecule has 0 amide bonds. The zero-order valence-electron chi connectivity index (χ0n) is 15.9. The number of nitrogens with zero attached hydrogens (tertiary/aromatic N) is 3. The Morgan fingerprint density at radius 3 is 2.48 bits per heavy atom. The van der Waals surface area contributed by atoms with Crippen LogP contribution in [0.1, 0.15) is 26.7 Å². The fourth-order valence-corrected chi connectivity index (χ4v) is 2.87. The van der Waals surface area contributed by atoms with Crippen LogP contribution < -0.4 is 10.1 Å². The maximum atomic E-state index is 5.75. The van der Waals surface area contributed by atoms with Crippen molar-refractivity contribution in [3.05, 3.63) is 30.3 Å². The normalized spacial score (nSPS) is 14.4. The van der Waals surface area contributed by atoms with Gasteiger partial charge in [0.2, 0.25) is 0 Å². The van der Waals surface area contributed by atoms with E-state index in [1.807, 2.05) is 44.4 Å². The highest BCUT2D eigenvalue weighted by molar-refractivity contribution is 14.0. The summed E-state index contributed by atoms with van der Waals surface area (Å²) in [7, 11) is 3.88. The lowest BCUT2D eigenvalue weighted by molar-refractivity contribution is 0.214. The molecule has 0 heterocycles. The number of para-hydroxylation sites is 1. The van der Waals surface area contributed by atoms with Crippen LogP contribution in [0.2, 0.25) is 0 Å². The van der Waals surface area contributed by atoms with E-state index < -0.39 is 0 Å². The van der Waals surface area contributed by atoms with Gasteiger partial charge in [0.25, 0.3) is 0 Å². The number of guanidine groups is 1. The van der Waals surface area contributed by atoms with Crippen molar-refractivity contribution in [2.75, 3.05) is 40.3 Å². The number of aliphatic imine (C=N–C) groups is 1. The second-order valence-corrected chi connectivity index (χ2v) is 6.62. The summed E-state index contributed by atoms with van der Waals surface area (Å²) in [6.45, 7) is 7.98. The van der Waals surface area contributed by atoms with E-state index in [4.69, 9.17) is 4.74 Å². The van der Waals surface area contributed by atoms with Gasteiger partial charge in [-0.05, 0) is 38.8 Å². The van der Waals surface area contributed by atoms with Crippen LogP contribution >= 0.6 is 24.0 Å². The Hall–Kier alpha value is -1.02. The molecule has 0 bridgehead atoms. The molecule has 1 aromatic carbocycles. The van der Waals surface area contributed by atoms with Gasteiger partial charge in [0.15, 0.2) is 5.96 Å². The molecule has 25 heavy (non-hydrogen) atoms. The SMILES string of the molecule is CN=C(NCCN(C(C)C)C1CC1)N(C)CCOc1ccccc1.I. The molecule has 5 nitrogen and oxygen atoms in total. The second-order valence-electron chi connectivity index (χ2n) is 6.62. The average Bonchev–Trinajstić information content (AvgIpc) is 3.40. The van der Waals surface area contributed by atoms with Crippen LogP contribution in [-0.2, 0) is 0 Å². The van der Waals surface area contributed by atoms with E-state index in [1.165, 1.54) is 12.8 Å². The van der Waals surface area contributed by atoms with Crippen LogP contribution in [0.15, 0.2) is 35.3 Å². The second kappa shape index (κ2) is 11.6. The lowest BCUT2D eigenvalue weighted by Gasteiger charge is -2.28. The molecule has 1 aliphatic rings. The Morgan fingerprint density at radius 1 is 1.24 bits per heavy atom. The van der Waals surface area contributed by atoms with Gasteiger partial charge in [0.05, 0.1) is 6.54 Å². The first kappa shape index (κ1) is 22.0. The fourth-order valence-electron chi connectivity index (χ4n) is 2.87. The standard InChI is InChI=1S/C19H32N4O.HI/c1-16(2)23(17-10-11-17)13-12-21-19(20-3)22(4)14-15-24-18-8-6-5-7-9-18;/h5-9,16-17H,10-15H2,1-4H3,(H,20,21);1H. The van der Waals surface area contributed by atoms with Crippen molar-refractivity contribution < 1.29 is 4.74 Å². The number of hydrogen-bond acceptors (Lipinski definition) is 3. The quantitative estimate of drug-likeness (QED) is 0.350. The maximum Gasteiger partial charge on any atom is 0.193 e. The third kappa shape index (κ3) is 7.81. The Bertz CT molecular complexity index is 503. The molecule has 0 atom stereocenters. The number of halogens is 1.